The molecule has 0 bridgehead atoms. The monoisotopic (exact) mass is 413 g/mol. The van der Waals surface area contributed by atoms with Crippen LogP contribution < -0.4 is 14.2 Å². The molecule has 0 spiro atoms. The average molecular weight is 413 g/mol. The molecule has 0 saturated carbocycles. The summed E-state index contributed by atoms with van der Waals surface area (Å²) in [5.74, 6) is 0.325. The molecule has 0 amide bonds. The van der Waals surface area contributed by atoms with E-state index in [1.165, 1.54) is 43.7 Å². The first-order chi connectivity index (χ1) is 12.0. The predicted molar refractivity (Wildman–Crippen MR) is 85.8 cm³/mol. The highest BCUT2D eigenvalue weighted by molar-refractivity contribution is 7.99. The minimum absolute atomic E-state index is 0.0534. The van der Waals surface area contributed by atoms with Crippen molar-refractivity contribution >= 4 is 27.5 Å². The van der Waals surface area contributed by atoms with Crippen LogP contribution in [0.4, 0.5) is 18.9 Å². The lowest BCUT2D eigenvalue weighted by atomic mass is 10.4. The highest BCUT2D eigenvalue weighted by Gasteiger charge is 2.46. The SMILES string of the molecule is COc1cc(OC)nc(Sc2c(NS(=O)(=O)C(F)(F)F)c(C)nn2C)n1. The summed E-state index contributed by atoms with van der Waals surface area (Å²) in [5.41, 5.74) is -5.73. The Balaban J connectivity index is 2.46. The van der Waals surface area contributed by atoms with Gasteiger partial charge in [-0.15, -0.1) is 0 Å². The van der Waals surface area contributed by atoms with Crippen LogP contribution in [0.25, 0.3) is 0 Å². The number of nitrogens with one attached hydrogen (secondary N) is 1. The number of hydrogen-bond acceptors (Lipinski definition) is 8. The van der Waals surface area contributed by atoms with Gasteiger partial charge in [0.2, 0.25) is 16.9 Å². The van der Waals surface area contributed by atoms with Gasteiger partial charge in [0.05, 0.1) is 26.0 Å². The molecule has 14 heteroatoms. The quantitative estimate of drug-likeness (QED) is 0.716. The second-order valence-electron chi connectivity index (χ2n) is 4.78. The molecule has 0 unspecified atom stereocenters. The molecular formula is C12H14F3N5O4S2. The van der Waals surface area contributed by atoms with Crippen molar-refractivity contribution in [3.63, 3.8) is 0 Å². The zero-order chi connectivity index (χ0) is 19.7. The van der Waals surface area contributed by atoms with Crippen molar-refractivity contribution in [1.29, 1.82) is 0 Å². The Morgan fingerprint density at radius 1 is 1.19 bits per heavy atom. The Labute approximate surface area is 151 Å². The molecule has 0 saturated heterocycles. The lowest BCUT2D eigenvalue weighted by Crippen LogP contribution is -2.30. The molecule has 0 aliphatic heterocycles. The van der Waals surface area contributed by atoms with Crippen molar-refractivity contribution in [3.05, 3.63) is 11.8 Å². The van der Waals surface area contributed by atoms with Crippen LogP contribution in [0, 0.1) is 6.92 Å². The van der Waals surface area contributed by atoms with E-state index >= 15 is 0 Å². The maximum atomic E-state index is 12.7. The molecule has 0 aliphatic rings. The van der Waals surface area contributed by atoms with Crippen LogP contribution >= 0.6 is 11.8 Å². The van der Waals surface area contributed by atoms with Gasteiger partial charge in [-0.25, -0.2) is 0 Å². The number of aryl methyl sites for hydroxylation is 2. The molecule has 0 radical (unpaired) electrons. The van der Waals surface area contributed by atoms with Gasteiger partial charge in [-0.1, -0.05) is 0 Å². The highest BCUT2D eigenvalue weighted by atomic mass is 32.2. The fourth-order valence-corrected chi connectivity index (χ4v) is 3.40. The van der Waals surface area contributed by atoms with Crippen molar-refractivity contribution in [2.75, 3.05) is 18.9 Å². The van der Waals surface area contributed by atoms with Gasteiger partial charge in [-0.2, -0.15) is 36.7 Å². The Morgan fingerprint density at radius 3 is 2.19 bits per heavy atom. The van der Waals surface area contributed by atoms with Crippen LogP contribution in [0.2, 0.25) is 0 Å². The number of sulfonamides is 1. The lowest BCUT2D eigenvalue weighted by molar-refractivity contribution is -0.0429. The molecule has 0 aromatic carbocycles. The third kappa shape index (κ3) is 4.12. The summed E-state index contributed by atoms with van der Waals surface area (Å²) in [4.78, 5) is 8.08. The van der Waals surface area contributed by atoms with Gasteiger partial charge in [0.1, 0.15) is 10.7 Å². The summed E-state index contributed by atoms with van der Waals surface area (Å²) in [6.45, 7) is 1.37. The first-order valence-electron chi connectivity index (χ1n) is 6.76. The number of nitrogens with zero attached hydrogens (tertiary/aromatic N) is 4. The highest BCUT2D eigenvalue weighted by Crippen LogP contribution is 2.37. The second kappa shape index (κ2) is 7.19. The number of hydrogen-bond donors (Lipinski definition) is 1. The third-order valence-corrected chi connectivity index (χ3v) is 5.08. The summed E-state index contributed by atoms with van der Waals surface area (Å²) < 4.78 is 73.6. The fourth-order valence-electron chi connectivity index (χ4n) is 1.79. The molecular weight excluding hydrogens is 399 g/mol. The van der Waals surface area contributed by atoms with Crippen LogP contribution in [0.3, 0.4) is 0 Å². The average Bonchev–Trinajstić information content (AvgIpc) is 2.80. The molecule has 2 aromatic heterocycles. The number of ether oxygens (including phenoxy) is 2. The summed E-state index contributed by atoms with van der Waals surface area (Å²) in [5, 5.41) is 4.07. The number of rotatable bonds is 6. The molecule has 2 aromatic rings. The lowest BCUT2D eigenvalue weighted by Gasteiger charge is -2.12. The predicted octanol–water partition coefficient (Wildman–Crippen LogP) is 1.95. The van der Waals surface area contributed by atoms with Gasteiger partial charge in [-0.05, 0) is 18.7 Å². The van der Waals surface area contributed by atoms with Gasteiger partial charge in [0, 0.05) is 7.05 Å². The van der Waals surface area contributed by atoms with Crippen molar-refractivity contribution < 1.29 is 31.1 Å². The van der Waals surface area contributed by atoms with Crippen molar-refractivity contribution in [2.24, 2.45) is 7.05 Å². The van der Waals surface area contributed by atoms with Gasteiger partial charge in [-0.3, -0.25) is 9.40 Å². The second-order valence-corrected chi connectivity index (χ2v) is 7.41. The number of alkyl halides is 3. The van der Waals surface area contributed by atoms with Gasteiger partial charge in [0.25, 0.3) is 0 Å². The fraction of sp³-hybridized carbons (Fsp3) is 0.417. The van der Waals surface area contributed by atoms with E-state index < -0.39 is 15.5 Å². The molecule has 2 heterocycles. The van der Waals surface area contributed by atoms with E-state index in [0.29, 0.717) is 0 Å². The molecule has 0 aliphatic carbocycles. The number of halogens is 3. The van der Waals surface area contributed by atoms with Crippen molar-refractivity contribution in [1.82, 2.24) is 19.7 Å². The molecule has 26 heavy (non-hydrogen) atoms. The van der Waals surface area contributed by atoms with E-state index in [1.807, 2.05) is 0 Å². The Kier molecular flexibility index (Phi) is 5.55. The van der Waals surface area contributed by atoms with Crippen molar-refractivity contribution in [3.8, 4) is 11.8 Å². The van der Waals surface area contributed by atoms with Gasteiger partial charge in [0.15, 0.2) is 0 Å². The van der Waals surface area contributed by atoms with Gasteiger partial charge >= 0.3 is 15.5 Å². The third-order valence-electron chi connectivity index (χ3n) is 2.98. The van der Waals surface area contributed by atoms with Crippen LogP contribution in [0.1, 0.15) is 5.69 Å². The van der Waals surface area contributed by atoms with E-state index in [2.05, 4.69) is 15.1 Å². The zero-order valence-corrected chi connectivity index (χ0v) is 15.6. The van der Waals surface area contributed by atoms with E-state index in [4.69, 9.17) is 9.47 Å². The molecule has 0 fully saturated rings. The maximum absolute atomic E-state index is 12.7. The van der Waals surface area contributed by atoms with Crippen LogP contribution in [0.5, 0.6) is 11.8 Å². The normalized spacial score (nSPS) is 12.1. The van der Waals surface area contributed by atoms with Crippen LogP contribution in [-0.4, -0.2) is 47.9 Å². The molecule has 9 nitrogen and oxygen atoms in total. The zero-order valence-electron chi connectivity index (χ0n) is 13.9. The van der Waals surface area contributed by atoms with E-state index in [0.717, 1.165) is 11.8 Å². The molecule has 0 atom stereocenters. The Hall–Kier alpha value is -2.22. The molecule has 1 N–H and O–H groups in total. The number of aromatic nitrogens is 4. The maximum Gasteiger partial charge on any atom is 0.516 e. The van der Waals surface area contributed by atoms with Crippen molar-refractivity contribution in [2.45, 2.75) is 22.6 Å². The van der Waals surface area contributed by atoms with E-state index in [1.54, 1.807) is 0 Å². The van der Waals surface area contributed by atoms with E-state index in [-0.39, 0.29) is 33.3 Å². The Bertz CT molecular complexity index is 892. The Morgan fingerprint density at radius 2 is 1.73 bits per heavy atom. The number of methoxy groups -OCH3 is 2. The first kappa shape index (κ1) is 20.1. The topological polar surface area (TPSA) is 108 Å². The summed E-state index contributed by atoms with van der Waals surface area (Å²) in [6.07, 6.45) is 0. The molecule has 144 valence electrons. The smallest absolute Gasteiger partial charge is 0.481 e. The van der Waals surface area contributed by atoms with Gasteiger partial charge < -0.3 is 9.47 Å². The van der Waals surface area contributed by atoms with Crippen LogP contribution in [0.15, 0.2) is 16.2 Å². The van der Waals surface area contributed by atoms with Crippen LogP contribution in [-0.2, 0) is 17.1 Å². The summed E-state index contributed by atoms with van der Waals surface area (Å²) >= 11 is 0.796. The standard InChI is InChI=1S/C12H14F3N5O4S2/c1-6-9(19-26(21,22)12(13,14)15)10(20(2)18-6)25-11-16-7(23-3)5-8(17-11)24-4/h5,19H,1-4H3. The summed E-state index contributed by atoms with van der Waals surface area (Å²) in [7, 11) is -1.43. The largest absolute Gasteiger partial charge is 0.516 e. The minimum atomic E-state index is -5.61. The summed E-state index contributed by atoms with van der Waals surface area (Å²) in [6, 6.07) is 1.41. The first-order valence-corrected chi connectivity index (χ1v) is 9.06. The number of anilines is 1. The van der Waals surface area contributed by atoms with E-state index in [9.17, 15) is 21.6 Å². The minimum Gasteiger partial charge on any atom is -0.481 e. The molecule has 2 rings (SSSR count).